The third-order valence-electron chi connectivity index (χ3n) is 0. The van der Waals surface area contributed by atoms with Crippen LogP contribution < -0.4 is 86.3 Å². The first kappa shape index (κ1) is 97.1. The van der Waals surface area contributed by atoms with Gasteiger partial charge in [0.05, 0.1) is 0 Å². The number of halogens is 6. The Morgan fingerprint density at radius 1 is 0.179 bits per heavy atom. The molecule has 0 heterocycles. The van der Waals surface area contributed by atoms with E-state index in [9.17, 15) is 24.6 Å². The summed E-state index contributed by atoms with van der Waals surface area (Å²) in [7, 11) is -35.2. The second kappa shape index (κ2) is 41.8. The topological polar surface area (TPSA) is 415 Å². The van der Waals surface area contributed by atoms with Crippen LogP contribution in [0.3, 0.4) is 0 Å². The van der Waals surface area contributed by atoms with Crippen molar-refractivity contribution in [2.45, 2.75) is 0 Å². The van der Waals surface area contributed by atoms with E-state index >= 15 is 0 Å². The summed E-state index contributed by atoms with van der Waals surface area (Å²) in [4.78, 5) is 152. The van der Waals surface area contributed by atoms with E-state index in [0.29, 0.717) is 0 Å². The summed E-state index contributed by atoms with van der Waals surface area (Å²) in [6.07, 6.45) is 0. The van der Waals surface area contributed by atoms with Crippen LogP contribution in [0.25, 0.3) is 0 Å². The average Bonchev–Trinajstić information content (AvgIpc) is 1.94. The van der Waals surface area contributed by atoms with Crippen molar-refractivity contribution in [3.8, 4) is 0 Å². The quantitative estimate of drug-likeness (QED) is 0.133. The Balaban J connectivity index is -0.0000000130. The first-order valence-electron chi connectivity index (χ1n) is 4.81. The van der Waals surface area contributed by atoms with E-state index in [-0.39, 0.29) is 91.1 Å². The van der Waals surface area contributed by atoms with E-state index in [4.69, 9.17) is 86.3 Å². The molecule has 0 aromatic carbocycles. The van der Waals surface area contributed by atoms with Crippen LogP contribution in [0, 0.1) is 0 Å². The fourth-order valence-corrected chi connectivity index (χ4v) is 0. The van der Waals surface area contributed by atoms with Crippen LogP contribution in [0.1, 0.15) is 0 Å². The zero-order chi connectivity index (χ0) is 27.0. The predicted molar refractivity (Wildman–Crippen MR) is 93.0 cm³/mol. The van der Waals surface area contributed by atoms with Gasteiger partial charge in [-0.25, -0.2) is 0 Å². The third kappa shape index (κ3) is 19900. The molecule has 0 amide bonds. The molecular formula is Be9F6O18Si6. The van der Waals surface area contributed by atoms with Gasteiger partial charge in [-0.1, -0.05) is 54.8 Å². The summed E-state index contributed by atoms with van der Waals surface area (Å²) in [5.41, 5.74) is 0. The van der Waals surface area contributed by atoms with Crippen LogP contribution in [0.5, 0.6) is 0 Å². The van der Waals surface area contributed by atoms with Gasteiger partial charge in [0.25, 0.3) is 0 Å². The molecule has 0 aromatic heterocycles. The Kier molecular flexibility index (Phi) is 104. The molecule has 0 rings (SSSR count). The van der Waals surface area contributed by atoms with Gasteiger partial charge >= 0.3 is 91.1 Å². The van der Waals surface area contributed by atoms with Crippen molar-refractivity contribution in [2.24, 2.45) is 0 Å². The summed E-state index contributed by atoms with van der Waals surface area (Å²) < 4.78 is 61.0. The first-order chi connectivity index (χ1) is 12.0. The fraction of sp³-hybridized carbons (Fsp3) is 0. The molecule has 0 aromatic rings. The Labute approximate surface area is 256 Å². The van der Waals surface area contributed by atoms with E-state index in [0.717, 1.165) is 0 Å². The third-order valence-corrected chi connectivity index (χ3v) is 0. The normalized spacial score (nSPS) is 9.23. The van der Waals surface area contributed by atoms with Crippen LogP contribution in [0.4, 0.5) is 24.6 Å². The fourth-order valence-electron chi connectivity index (χ4n) is 0. The molecule has 39 heavy (non-hydrogen) atoms. The maximum atomic E-state index is 10.2. The minimum absolute atomic E-state index is 0. The van der Waals surface area contributed by atoms with Gasteiger partial charge in [-0.2, -0.15) is 0 Å². The number of rotatable bonds is 0. The molecule has 0 aliphatic heterocycles. The molecule has 0 spiro atoms. The maximum Gasteiger partial charge on any atom is 2.00 e. The largest absolute Gasteiger partial charge is 2.00 e. The molecular weight excluding hydrogens is 652 g/mol. The summed E-state index contributed by atoms with van der Waals surface area (Å²) >= 11 is 0. The van der Waals surface area contributed by atoms with Crippen molar-refractivity contribution >= 4 is 146 Å². The van der Waals surface area contributed by atoms with Crippen LogP contribution in [0.2, 0.25) is 0 Å². The molecule has 0 unspecified atom stereocenters. The van der Waals surface area contributed by atoms with E-state index < -0.39 is 54.8 Å². The second-order valence-electron chi connectivity index (χ2n) is 2.89. The van der Waals surface area contributed by atoms with E-state index in [1.807, 2.05) is 0 Å². The summed E-state index contributed by atoms with van der Waals surface area (Å²) in [6, 6.07) is 0. The molecule has 0 bridgehead atoms. The standard InChI is InChI=1S/9Be.6FO3Si/c;;;;;;;;;6*1-5(2,3)4/q9*+2;6*-3. The Morgan fingerprint density at radius 2 is 0.179 bits per heavy atom. The molecule has 0 fully saturated rings. The minimum Gasteiger partial charge on any atom is -0.857 e. The van der Waals surface area contributed by atoms with E-state index in [1.165, 1.54) is 0 Å². The molecule has 0 aliphatic rings. The number of hydrogen-bond donors (Lipinski definition) is 0. The van der Waals surface area contributed by atoms with E-state index in [1.54, 1.807) is 0 Å². The molecule has 0 aliphatic carbocycles. The van der Waals surface area contributed by atoms with Gasteiger partial charge in [0, 0.05) is 0 Å². The molecule has 0 atom stereocenters. The Bertz CT molecular complexity index is 258. The minimum atomic E-state index is -5.86. The van der Waals surface area contributed by atoms with Crippen molar-refractivity contribution in [2.75, 3.05) is 0 Å². The zero-order valence-corrected chi connectivity index (χ0v) is 25.0. The monoisotopic (exact) mass is 651 g/mol. The Hall–Kier alpha value is 1.68. The van der Waals surface area contributed by atoms with Crippen molar-refractivity contribution in [3.63, 3.8) is 0 Å². The SMILES string of the molecule is [Be+2].[Be+2].[Be+2].[Be+2].[Be+2].[Be+2].[Be+2].[Be+2].[Be+2].[O-][Si]([O-])([O-])F.[O-][Si]([O-])([O-])F.[O-][Si]([O-])([O-])F.[O-][Si]([O-])([O-])F.[O-][Si]([O-])([O-])F.[O-][Si]([O-])([O-])F. The van der Waals surface area contributed by atoms with Crippen LogP contribution in [0.15, 0.2) is 0 Å². The molecule has 192 valence electrons. The smallest absolute Gasteiger partial charge is 0.857 e. The van der Waals surface area contributed by atoms with E-state index in [2.05, 4.69) is 0 Å². The van der Waals surface area contributed by atoms with Crippen LogP contribution >= 0.6 is 0 Å². The zero-order valence-electron chi connectivity index (χ0n) is 19.0. The van der Waals surface area contributed by atoms with Gasteiger partial charge < -0.3 is 111 Å². The first-order valence-corrected chi connectivity index (χ1v) is 14.4. The Morgan fingerprint density at radius 3 is 0.179 bits per heavy atom. The number of hydrogen-bond acceptors (Lipinski definition) is 18. The molecule has 18 nitrogen and oxygen atoms in total. The molecule has 39 heteroatoms. The molecule has 0 radical (unpaired) electrons. The van der Waals surface area contributed by atoms with Crippen molar-refractivity contribution in [1.29, 1.82) is 0 Å². The second-order valence-corrected chi connectivity index (χ2v) is 8.67. The van der Waals surface area contributed by atoms with Gasteiger partial charge in [-0.05, 0) is 0 Å². The summed E-state index contributed by atoms with van der Waals surface area (Å²) in [6.45, 7) is 0. The van der Waals surface area contributed by atoms with Crippen LogP contribution in [-0.2, 0) is 0 Å². The van der Waals surface area contributed by atoms with Crippen molar-refractivity contribution in [3.05, 3.63) is 0 Å². The van der Waals surface area contributed by atoms with Gasteiger partial charge in [-0.3, -0.25) is 0 Å². The van der Waals surface area contributed by atoms with Gasteiger partial charge in [0.15, 0.2) is 0 Å². The average molecular weight is 652 g/mol. The summed E-state index contributed by atoms with van der Waals surface area (Å²) in [5, 5.41) is 0. The summed E-state index contributed by atoms with van der Waals surface area (Å²) in [5.74, 6) is 0. The van der Waals surface area contributed by atoms with Gasteiger partial charge in [0.1, 0.15) is 0 Å². The molecule has 0 saturated carbocycles. The predicted octanol–water partition coefficient (Wildman–Crippen LogP) is -24.6. The van der Waals surface area contributed by atoms with Gasteiger partial charge in [0.2, 0.25) is 0 Å². The maximum absolute atomic E-state index is 10.2. The molecule has 0 saturated heterocycles. The van der Waals surface area contributed by atoms with Crippen LogP contribution in [-0.4, -0.2) is 146 Å². The molecule has 0 N–H and O–H groups in total. The van der Waals surface area contributed by atoms with Gasteiger partial charge in [-0.15, -0.1) is 0 Å². The van der Waals surface area contributed by atoms with Crippen molar-refractivity contribution in [1.82, 2.24) is 0 Å². The van der Waals surface area contributed by atoms with Crippen molar-refractivity contribution < 1.29 is 111 Å².